The zero-order chi connectivity index (χ0) is 14.5. The van der Waals surface area contributed by atoms with E-state index in [9.17, 15) is 4.79 Å². The lowest BCUT2D eigenvalue weighted by molar-refractivity contribution is 0.194. The van der Waals surface area contributed by atoms with E-state index >= 15 is 0 Å². The Kier molecular flexibility index (Phi) is 4.30. The second-order valence-corrected chi connectivity index (χ2v) is 5.64. The summed E-state index contributed by atoms with van der Waals surface area (Å²) in [4.78, 5) is 24.7. The van der Waals surface area contributed by atoms with E-state index in [0.717, 1.165) is 23.9 Å². The first-order valence-electron chi connectivity index (χ1n) is 6.90. The summed E-state index contributed by atoms with van der Waals surface area (Å²) in [6.07, 6.45) is 3.54. The number of thiazole rings is 1. The lowest BCUT2D eigenvalue weighted by Gasteiger charge is -2.34. The Labute approximate surface area is 127 Å². The third-order valence-electron chi connectivity index (χ3n) is 3.40. The van der Waals surface area contributed by atoms with Gasteiger partial charge in [0.25, 0.3) is 0 Å². The lowest BCUT2D eigenvalue weighted by Crippen LogP contribution is -2.51. The number of urea groups is 1. The molecule has 6 nitrogen and oxygen atoms in total. The second-order valence-electron chi connectivity index (χ2n) is 4.77. The maximum atomic E-state index is 12.1. The van der Waals surface area contributed by atoms with Crippen molar-refractivity contribution >= 4 is 22.5 Å². The van der Waals surface area contributed by atoms with Crippen molar-refractivity contribution in [3.63, 3.8) is 0 Å². The summed E-state index contributed by atoms with van der Waals surface area (Å²) in [6.45, 7) is 3.54. The van der Waals surface area contributed by atoms with Gasteiger partial charge in [-0.1, -0.05) is 6.07 Å². The van der Waals surface area contributed by atoms with Gasteiger partial charge in [0.2, 0.25) is 0 Å². The summed E-state index contributed by atoms with van der Waals surface area (Å²) < 4.78 is 0. The quantitative estimate of drug-likeness (QED) is 0.935. The van der Waals surface area contributed by atoms with Gasteiger partial charge >= 0.3 is 6.03 Å². The normalized spacial score (nSPS) is 15.0. The van der Waals surface area contributed by atoms with Crippen LogP contribution < -0.4 is 10.2 Å². The highest BCUT2D eigenvalue weighted by Crippen LogP contribution is 2.18. The van der Waals surface area contributed by atoms with Crippen LogP contribution in [0.4, 0.5) is 9.93 Å². The fourth-order valence-corrected chi connectivity index (χ4v) is 2.95. The molecule has 7 heteroatoms. The summed E-state index contributed by atoms with van der Waals surface area (Å²) >= 11 is 1.63. The Morgan fingerprint density at radius 2 is 2.05 bits per heavy atom. The molecule has 0 radical (unpaired) electrons. The van der Waals surface area contributed by atoms with Crippen LogP contribution in [0.25, 0.3) is 0 Å². The minimum atomic E-state index is -0.0283. The molecular weight excluding hydrogens is 286 g/mol. The van der Waals surface area contributed by atoms with Crippen LogP contribution in [-0.2, 0) is 6.54 Å². The SMILES string of the molecule is O=C(NCc1ccccn1)N1CCN(c2nccs2)CC1. The molecule has 3 heterocycles. The maximum Gasteiger partial charge on any atom is 0.317 e. The first-order chi connectivity index (χ1) is 10.3. The van der Waals surface area contributed by atoms with Crippen molar-refractivity contribution in [1.82, 2.24) is 20.2 Å². The number of hydrogen-bond acceptors (Lipinski definition) is 5. The number of carbonyl (C=O) groups excluding carboxylic acids is 1. The van der Waals surface area contributed by atoms with Gasteiger partial charge in [0.1, 0.15) is 0 Å². The molecule has 1 N–H and O–H groups in total. The predicted octanol–water partition coefficient (Wildman–Crippen LogP) is 1.57. The van der Waals surface area contributed by atoms with Crippen LogP contribution in [-0.4, -0.2) is 47.1 Å². The summed E-state index contributed by atoms with van der Waals surface area (Å²) in [7, 11) is 0. The van der Waals surface area contributed by atoms with Gasteiger partial charge in [0.05, 0.1) is 12.2 Å². The van der Waals surface area contributed by atoms with Gasteiger partial charge in [0, 0.05) is 44.0 Å². The first-order valence-corrected chi connectivity index (χ1v) is 7.78. The van der Waals surface area contributed by atoms with Gasteiger partial charge in [-0.3, -0.25) is 4.98 Å². The third-order valence-corrected chi connectivity index (χ3v) is 4.24. The Morgan fingerprint density at radius 3 is 2.71 bits per heavy atom. The molecule has 1 fully saturated rings. The van der Waals surface area contributed by atoms with Crippen LogP contribution in [0.2, 0.25) is 0 Å². The first kappa shape index (κ1) is 13.8. The topological polar surface area (TPSA) is 61.4 Å². The van der Waals surface area contributed by atoms with Crippen molar-refractivity contribution in [2.24, 2.45) is 0 Å². The number of pyridine rings is 1. The van der Waals surface area contributed by atoms with Crippen LogP contribution in [0.15, 0.2) is 36.0 Å². The molecule has 0 unspecified atom stereocenters. The Morgan fingerprint density at radius 1 is 1.19 bits per heavy atom. The molecule has 1 aliphatic rings. The third kappa shape index (κ3) is 3.49. The van der Waals surface area contributed by atoms with E-state index in [1.807, 2.05) is 34.7 Å². The minimum absolute atomic E-state index is 0.0283. The van der Waals surface area contributed by atoms with E-state index in [1.54, 1.807) is 17.5 Å². The number of nitrogens with zero attached hydrogens (tertiary/aromatic N) is 4. The monoisotopic (exact) mass is 303 g/mol. The molecule has 0 spiro atoms. The zero-order valence-electron chi connectivity index (χ0n) is 11.6. The van der Waals surface area contributed by atoms with Crippen molar-refractivity contribution < 1.29 is 4.79 Å². The largest absolute Gasteiger partial charge is 0.345 e. The summed E-state index contributed by atoms with van der Waals surface area (Å²) in [5.41, 5.74) is 0.868. The molecule has 0 atom stereocenters. The highest BCUT2D eigenvalue weighted by molar-refractivity contribution is 7.13. The van der Waals surface area contributed by atoms with Gasteiger partial charge in [-0.15, -0.1) is 11.3 Å². The molecule has 0 saturated carbocycles. The fraction of sp³-hybridized carbons (Fsp3) is 0.357. The van der Waals surface area contributed by atoms with E-state index in [4.69, 9.17) is 0 Å². The molecule has 2 amide bonds. The highest BCUT2D eigenvalue weighted by Gasteiger charge is 2.22. The smallest absolute Gasteiger partial charge is 0.317 e. The average molecular weight is 303 g/mol. The van der Waals surface area contributed by atoms with E-state index < -0.39 is 0 Å². The molecule has 0 aliphatic carbocycles. The summed E-state index contributed by atoms with van der Waals surface area (Å²) in [6, 6.07) is 5.66. The van der Waals surface area contributed by atoms with Gasteiger partial charge in [-0.25, -0.2) is 9.78 Å². The van der Waals surface area contributed by atoms with Crippen LogP contribution >= 0.6 is 11.3 Å². The number of nitrogens with one attached hydrogen (secondary N) is 1. The lowest BCUT2D eigenvalue weighted by atomic mass is 10.3. The van der Waals surface area contributed by atoms with Crippen LogP contribution in [0.1, 0.15) is 5.69 Å². The molecule has 1 aliphatic heterocycles. The van der Waals surface area contributed by atoms with Crippen molar-refractivity contribution in [1.29, 1.82) is 0 Å². The molecular formula is C14H17N5OS. The molecule has 0 aromatic carbocycles. The molecule has 1 saturated heterocycles. The molecule has 3 rings (SSSR count). The van der Waals surface area contributed by atoms with Crippen molar-refractivity contribution in [2.45, 2.75) is 6.54 Å². The Hall–Kier alpha value is -2.15. The minimum Gasteiger partial charge on any atom is -0.345 e. The number of piperazine rings is 1. The fourth-order valence-electron chi connectivity index (χ4n) is 2.25. The number of aromatic nitrogens is 2. The van der Waals surface area contributed by atoms with Gasteiger partial charge in [0.15, 0.2) is 5.13 Å². The van der Waals surface area contributed by atoms with Crippen LogP contribution in [0.5, 0.6) is 0 Å². The molecule has 110 valence electrons. The zero-order valence-corrected chi connectivity index (χ0v) is 12.4. The number of carbonyl (C=O) groups is 1. The molecule has 0 bridgehead atoms. The Bertz CT molecular complexity index is 566. The van der Waals surface area contributed by atoms with Crippen molar-refractivity contribution in [2.75, 3.05) is 31.1 Å². The van der Waals surface area contributed by atoms with Gasteiger partial charge in [-0.05, 0) is 12.1 Å². The van der Waals surface area contributed by atoms with Crippen LogP contribution in [0, 0.1) is 0 Å². The standard InChI is InChI=1S/C14H17N5OS/c20-13(17-11-12-3-1-2-4-15-12)18-6-8-19(9-7-18)14-16-5-10-21-14/h1-5,10H,6-9,11H2,(H,17,20). The summed E-state index contributed by atoms with van der Waals surface area (Å²) in [5, 5.41) is 5.92. The molecule has 21 heavy (non-hydrogen) atoms. The van der Waals surface area contributed by atoms with Gasteiger partial charge in [-0.2, -0.15) is 0 Å². The van der Waals surface area contributed by atoms with E-state index in [0.29, 0.717) is 19.6 Å². The van der Waals surface area contributed by atoms with Crippen molar-refractivity contribution in [3.05, 3.63) is 41.7 Å². The maximum absolute atomic E-state index is 12.1. The highest BCUT2D eigenvalue weighted by atomic mass is 32.1. The number of hydrogen-bond donors (Lipinski definition) is 1. The van der Waals surface area contributed by atoms with Crippen molar-refractivity contribution in [3.8, 4) is 0 Å². The molecule has 2 aromatic rings. The van der Waals surface area contributed by atoms with E-state index in [2.05, 4.69) is 20.2 Å². The molecule has 2 aromatic heterocycles. The van der Waals surface area contributed by atoms with Gasteiger partial charge < -0.3 is 15.1 Å². The number of amides is 2. The second kappa shape index (κ2) is 6.53. The summed E-state index contributed by atoms with van der Waals surface area (Å²) in [5.74, 6) is 0. The van der Waals surface area contributed by atoms with Crippen LogP contribution in [0.3, 0.4) is 0 Å². The van der Waals surface area contributed by atoms with E-state index in [-0.39, 0.29) is 6.03 Å². The number of anilines is 1. The number of rotatable bonds is 3. The average Bonchev–Trinajstić information content (AvgIpc) is 3.08. The predicted molar refractivity (Wildman–Crippen MR) is 82.4 cm³/mol. The Balaban J connectivity index is 1.47. The van der Waals surface area contributed by atoms with E-state index in [1.165, 1.54) is 0 Å².